The van der Waals surface area contributed by atoms with Crippen LogP contribution in [0.25, 0.3) is 0 Å². The SMILES string of the molecule is COC(=O)[C@H]([NH3+])C12CC3CC(CC(C3)C1)C2. The molecule has 1 atom stereocenters. The van der Waals surface area contributed by atoms with Gasteiger partial charge in [-0.1, -0.05) is 0 Å². The predicted octanol–water partition coefficient (Wildman–Crippen LogP) is 0.986. The highest BCUT2D eigenvalue weighted by Gasteiger charge is 2.57. The molecule has 3 N–H and O–H groups in total. The van der Waals surface area contributed by atoms with E-state index in [2.05, 4.69) is 5.73 Å². The molecule has 3 nitrogen and oxygen atoms in total. The molecule has 0 spiro atoms. The maximum Gasteiger partial charge on any atom is 0.365 e. The first-order chi connectivity index (χ1) is 7.63. The van der Waals surface area contributed by atoms with E-state index < -0.39 is 0 Å². The Balaban J connectivity index is 1.85. The summed E-state index contributed by atoms with van der Waals surface area (Å²) in [6.45, 7) is 0. The summed E-state index contributed by atoms with van der Waals surface area (Å²) in [7, 11) is 1.49. The van der Waals surface area contributed by atoms with Gasteiger partial charge in [-0.2, -0.15) is 0 Å². The lowest BCUT2D eigenvalue weighted by Gasteiger charge is -2.56. The van der Waals surface area contributed by atoms with Crippen molar-refractivity contribution in [1.82, 2.24) is 0 Å². The number of ether oxygens (including phenoxy) is 1. The van der Waals surface area contributed by atoms with Crippen molar-refractivity contribution in [3.05, 3.63) is 0 Å². The van der Waals surface area contributed by atoms with Gasteiger partial charge >= 0.3 is 5.97 Å². The van der Waals surface area contributed by atoms with Gasteiger partial charge in [0.05, 0.1) is 7.11 Å². The smallest absolute Gasteiger partial charge is 0.365 e. The first-order valence-corrected chi connectivity index (χ1v) is 6.54. The van der Waals surface area contributed by atoms with Crippen LogP contribution >= 0.6 is 0 Å². The van der Waals surface area contributed by atoms with E-state index in [0.29, 0.717) is 0 Å². The second-order valence-corrected chi connectivity index (χ2v) is 6.36. The predicted molar refractivity (Wildman–Crippen MR) is 59.3 cm³/mol. The molecule has 90 valence electrons. The number of methoxy groups -OCH3 is 1. The second kappa shape index (κ2) is 3.46. The zero-order valence-electron chi connectivity index (χ0n) is 10.1. The maximum atomic E-state index is 11.7. The van der Waals surface area contributed by atoms with Crippen molar-refractivity contribution in [1.29, 1.82) is 0 Å². The van der Waals surface area contributed by atoms with Crippen LogP contribution in [0.3, 0.4) is 0 Å². The van der Waals surface area contributed by atoms with Crippen molar-refractivity contribution >= 4 is 5.97 Å². The van der Waals surface area contributed by atoms with Crippen LogP contribution < -0.4 is 5.73 Å². The zero-order chi connectivity index (χ0) is 11.3. The minimum Gasteiger partial charge on any atom is -0.465 e. The van der Waals surface area contributed by atoms with E-state index in [4.69, 9.17) is 4.74 Å². The molecule has 0 radical (unpaired) electrons. The molecule has 0 unspecified atom stereocenters. The Morgan fingerprint density at radius 3 is 2.00 bits per heavy atom. The Kier molecular flexibility index (Phi) is 2.29. The Hall–Kier alpha value is -0.570. The normalized spacial score (nSPS) is 46.8. The van der Waals surface area contributed by atoms with Gasteiger partial charge in [-0.05, 0) is 56.3 Å². The average molecular weight is 224 g/mol. The van der Waals surface area contributed by atoms with Gasteiger partial charge in [-0.15, -0.1) is 0 Å². The van der Waals surface area contributed by atoms with E-state index in [1.165, 1.54) is 45.6 Å². The molecule has 0 saturated heterocycles. The number of carbonyl (C=O) groups excluding carboxylic acids is 1. The van der Waals surface area contributed by atoms with Crippen LogP contribution in [0.15, 0.2) is 0 Å². The number of rotatable bonds is 2. The van der Waals surface area contributed by atoms with Gasteiger partial charge in [0.25, 0.3) is 0 Å². The molecule has 0 amide bonds. The van der Waals surface area contributed by atoms with Crippen molar-refractivity contribution < 1.29 is 15.3 Å². The van der Waals surface area contributed by atoms with E-state index in [9.17, 15) is 4.79 Å². The summed E-state index contributed by atoms with van der Waals surface area (Å²) in [5.74, 6) is 2.53. The lowest BCUT2D eigenvalue weighted by atomic mass is 9.48. The molecule has 16 heavy (non-hydrogen) atoms. The first kappa shape index (κ1) is 10.6. The fourth-order valence-corrected chi connectivity index (χ4v) is 5.00. The van der Waals surface area contributed by atoms with Gasteiger partial charge in [0.1, 0.15) is 0 Å². The largest absolute Gasteiger partial charge is 0.465 e. The molecule has 0 aromatic heterocycles. The molecule has 4 aliphatic carbocycles. The lowest BCUT2D eigenvalue weighted by molar-refractivity contribution is -0.444. The summed E-state index contributed by atoms with van der Waals surface area (Å²) < 4.78 is 4.90. The van der Waals surface area contributed by atoms with E-state index in [0.717, 1.165) is 17.8 Å². The Morgan fingerprint density at radius 2 is 1.62 bits per heavy atom. The van der Waals surface area contributed by atoms with Crippen molar-refractivity contribution in [3.8, 4) is 0 Å². The van der Waals surface area contributed by atoms with E-state index in [-0.39, 0.29) is 17.4 Å². The van der Waals surface area contributed by atoms with Gasteiger partial charge in [-0.3, -0.25) is 0 Å². The molecule has 4 rings (SSSR count). The lowest BCUT2D eigenvalue weighted by Crippen LogP contribution is -2.74. The fourth-order valence-electron chi connectivity index (χ4n) is 5.00. The Labute approximate surface area is 96.7 Å². The summed E-state index contributed by atoms with van der Waals surface area (Å²) in [5.41, 5.74) is 4.32. The number of esters is 1. The minimum absolute atomic E-state index is 0.0954. The molecule has 0 aliphatic heterocycles. The molecule has 0 aromatic carbocycles. The third-order valence-corrected chi connectivity index (χ3v) is 5.31. The summed E-state index contributed by atoms with van der Waals surface area (Å²) in [5, 5.41) is 0. The van der Waals surface area contributed by atoms with Gasteiger partial charge in [0.2, 0.25) is 0 Å². The van der Waals surface area contributed by atoms with Gasteiger partial charge in [0.15, 0.2) is 6.04 Å². The fraction of sp³-hybridized carbons (Fsp3) is 0.923. The molecule has 0 aromatic rings. The summed E-state index contributed by atoms with van der Waals surface area (Å²) >= 11 is 0. The Morgan fingerprint density at radius 1 is 1.19 bits per heavy atom. The second-order valence-electron chi connectivity index (χ2n) is 6.36. The van der Waals surface area contributed by atoms with Crippen molar-refractivity contribution in [2.45, 2.75) is 44.6 Å². The third-order valence-electron chi connectivity index (χ3n) is 5.31. The highest BCUT2D eigenvalue weighted by Crippen LogP contribution is 2.60. The summed E-state index contributed by atoms with van der Waals surface area (Å²) in [4.78, 5) is 11.7. The van der Waals surface area contributed by atoms with Crippen molar-refractivity contribution in [3.63, 3.8) is 0 Å². The summed E-state index contributed by atoms with van der Waals surface area (Å²) in [6, 6.07) is -0.133. The van der Waals surface area contributed by atoms with Crippen molar-refractivity contribution in [2.24, 2.45) is 23.2 Å². The van der Waals surface area contributed by atoms with E-state index in [1.54, 1.807) is 0 Å². The topological polar surface area (TPSA) is 53.9 Å². The average Bonchev–Trinajstić information content (AvgIpc) is 2.25. The zero-order valence-corrected chi connectivity index (χ0v) is 10.1. The highest BCUT2D eigenvalue weighted by atomic mass is 16.5. The van der Waals surface area contributed by atoms with Gasteiger partial charge in [0, 0.05) is 5.41 Å². The molecule has 4 fully saturated rings. The van der Waals surface area contributed by atoms with Crippen LogP contribution in [0, 0.1) is 23.2 Å². The number of hydrogen-bond donors (Lipinski definition) is 1. The Bertz CT molecular complexity index is 278. The van der Waals surface area contributed by atoms with Crippen LogP contribution in [0.1, 0.15) is 38.5 Å². The number of quaternary nitrogens is 1. The molecule has 3 heteroatoms. The van der Waals surface area contributed by atoms with Crippen LogP contribution in [0.2, 0.25) is 0 Å². The van der Waals surface area contributed by atoms with Gasteiger partial charge < -0.3 is 10.5 Å². The number of hydrogen-bond acceptors (Lipinski definition) is 2. The van der Waals surface area contributed by atoms with Crippen molar-refractivity contribution in [2.75, 3.05) is 7.11 Å². The number of carbonyl (C=O) groups is 1. The molecule has 4 saturated carbocycles. The minimum atomic E-state index is -0.133. The molecule has 4 aliphatic rings. The first-order valence-electron chi connectivity index (χ1n) is 6.54. The molecule has 4 bridgehead atoms. The summed E-state index contributed by atoms with van der Waals surface area (Å²) in [6.07, 6.45) is 7.90. The molecule has 0 heterocycles. The molecular formula is C13H22NO2+. The quantitative estimate of drug-likeness (QED) is 0.711. The van der Waals surface area contributed by atoms with Crippen LogP contribution in [0.5, 0.6) is 0 Å². The van der Waals surface area contributed by atoms with E-state index >= 15 is 0 Å². The molecular weight excluding hydrogens is 202 g/mol. The van der Waals surface area contributed by atoms with Crippen LogP contribution in [0.4, 0.5) is 0 Å². The van der Waals surface area contributed by atoms with E-state index in [1.807, 2.05) is 0 Å². The van der Waals surface area contributed by atoms with Crippen LogP contribution in [-0.2, 0) is 9.53 Å². The highest BCUT2D eigenvalue weighted by molar-refractivity contribution is 5.75. The third kappa shape index (κ3) is 1.41. The van der Waals surface area contributed by atoms with Gasteiger partial charge in [-0.25, -0.2) is 4.79 Å². The standard InChI is InChI=1S/C13H21NO2/c1-16-12(15)11(14)13-5-8-2-9(6-13)4-10(3-8)7-13/h8-11H,2-7,14H2,1H3/p+1/t8?,9?,10?,11-,13?/m0/s1. The maximum absolute atomic E-state index is 11.7. The monoisotopic (exact) mass is 224 g/mol. The van der Waals surface area contributed by atoms with Crippen LogP contribution in [-0.4, -0.2) is 19.1 Å².